The average Bonchev–Trinajstić information content (AvgIpc) is 3.06. The molecule has 0 aliphatic carbocycles. The summed E-state index contributed by atoms with van der Waals surface area (Å²) in [5, 5.41) is 15.0. The van der Waals surface area contributed by atoms with Crippen molar-refractivity contribution >= 4 is 5.96 Å². The molecule has 9 heteroatoms. The van der Waals surface area contributed by atoms with E-state index in [1.165, 1.54) is 0 Å². The second kappa shape index (κ2) is 14.3. The molecule has 0 radical (unpaired) electrons. The summed E-state index contributed by atoms with van der Waals surface area (Å²) in [4.78, 5) is 4.65. The number of rotatable bonds is 13. The van der Waals surface area contributed by atoms with Crippen LogP contribution in [0.1, 0.15) is 44.3 Å². The van der Waals surface area contributed by atoms with Crippen LogP contribution in [-0.2, 0) is 27.8 Å². The van der Waals surface area contributed by atoms with Gasteiger partial charge in [0.05, 0.1) is 0 Å². The van der Waals surface area contributed by atoms with Crippen LogP contribution in [0.3, 0.4) is 0 Å². The molecule has 1 saturated heterocycles. The third-order valence-corrected chi connectivity index (χ3v) is 4.98. The molecule has 1 fully saturated rings. The number of guanidine groups is 1. The van der Waals surface area contributed by atoms with E-state index in [9.17, 15) is 0 Å². The molecule has 9 nitrogen and oxygen atoms in total. The molecule has 29 heavy (non-hydrogen) atoms. The monoisotopic (exact) mass is 410 g/mol. The van der Waals surface area contributed by atoms with Gasteiger partial charge >= 0.3 is 0 Å². The molecule has 1 aromatic rings. The predicted molar refractivity (Wildman–Crippen MR) is 113 cm³/mol. The van der Waals surface area contributed by atoms with Gasteiger partial charge in [-0.25, -0.2) is 4.99 Å². The summed E-state index contributed by atoms with van der Waals surface area (Å²) < 4.78 is 18.6. The first-order chi connectivity index (χ1) is 14.2. The van der Waals surface area contributed by atoms with Crippen molar-refractivity contribution in [3.8, 4) is 0 Å². The Morgan fingerprint density at radius 2 is 1.83 bits per heavy atom. The largest absolute Gasteiger partial charge is 0.382 e. The molecule has 1 aromatic heterocycles. The fraction of sp³-hybridized carbons (Fsp3) is 0.850. The Morgan fingerprint density at radius 3 is 2.45 bits per heavy atom. The normalized spacial score (nSPS) is 15.6. The van der Waals surface area contributed by atoms with Gasteiger partial charge in [-0.3, -0.25) is 0 Å². The Morgan fingerprint density at radius 1 is 1.14 bits per heavy atom. The number of nitrogens with zero attached hydrogens (tertiary/aromatic N) is 4. The standard InChI is InChI=1S/C20H38N6O3/c1-4-27-11-5-9-21-20(23-15-19-25-24-17(2)26(19)3)22-10-6-12-29-16-18-7-13-28-14-8-18/h18H,4-16H2,1-3H3,(H2,21,22,23). The van der Waals surface area contributed by atoms with E-state index < -0.39 is 0 Å². The Labute approximate surface area is 174 Å². The molecule has 2 rings (SSSR count). The molecule has 0 atom stereocenters. The number of hydrogen-bond donors (Lipinski definition) is 2. The number of hydrogen-bond acceptors (Lipinski definition) is 6. The molecule has 0 unspecified atom stereocenters. The molecular formula is C20H38N6O3. The first-order valence-corrected chi connectivity index (χ1v) is 10.8. The first-order valence-electron chi connectivity index (χ1n) is 10.8. The predicted octanol–water partition coefficient (Wildman–Crippen LogP) is 1.42. The lowest BCUT2D eigenvalue weighted by Gasteiger charge is -2.21. The Hall–Kier alpha value is -1.71. The Bertz CT molecular complexity index is 587. The molecular weight excluding hydrogens is 372 g/mol. The van der Waals surface area contributed by atoms with Crippen LogP contribution in [0.5, 0.6) is 0 Å². The van der Waals surface area contributed by atoms with Crippen LogP contribution >= 0.6 is 0 Å². The van der Waals surface area contributed by atoms with E-state index in [0.717, 1.165) is 96.0 Å². The molecule has 1 aliphatic rings. The maximum atomic E-state index is 5.83. The van der Waals surface area contributed by atoms with E-state index >= 15 is 0 Å². The summed E-state index contributed by atoms with van der Waals surface area (Å²) in [6, 6.07) is 0. The highest BCUT2D eigenvalue weighted by molar-refractivity contribution is 5.79. The lowest BCUT2D eigenvalue weighted by molar-refractivity contribution is 0.0203. The van der Waals surface area contributed by atoms with E-state index in [1.54, 1.807) is 0 Å². The van der Waals surface area contributed by atoms with E-state index in [-0.39, 0.29) is 0 Å². The van der Waals surface area contributed by atoms with Gasteiger partial charge in [0.25, 0.3) is 0 Å². The van der Waals surface area contributed by atoms with E-state index in [1.807, 2.05) is 25.5 Å². The fourth-order valence-corrected chi connectivity index (χ4v) is 2.98. The lowest BCUT2D eigenvalue weighted by atomic mass is 10.0. The van der Waals surface area contributed by atoms with Crippen LogP contribution in [-0.4, -0.2) is 73.5 Å². The fourth-order valence-electron chi connectivity index (χ4n) is 2.98. The second-order valence-electron chi connectivity index (χ2n) is 7.28. The molecule has 1 aliphatic heterocycles. The van der Waals surface area contributed by atoms with Gasteiger partial charge in [0.1, 0.15) is 12.4 Å². The SMILES string of the molecule is CCOCCCNC(=NCc1nnc(C)n1C)NCCCOCC1CCOCC1. The highest BCUT2D eigenvalue weighted by atomic mass is 16.5. The lowest BCUT2D eigenvalue weighted by Crippen LogP contribution is -2.39. The first kappa shape index (κ1) is 23.6. The summed E-state index contributed by atoms with van der Waals surface area (Å²) in [6.07, 6.45) is 4.10. The van der Waals surface area contributed by atoms with Crippen molar-refractivity contribution in [1.82, 2.24) is 25.4 Å². The zero-order valence-corrected chi connectivity index (χ0v) is 18.3. The molecule has 0 bridgehead atoms. The van der Waals surface area contributed by atoms with E-state index in [4.69, 9.17) is 14.2 Å². The van der Waals surface area contributed by atoms with Crippen LogP contribution in [0.25, 0.3) is 0 Å². The van der Waals surface area contributed by atoms with Gasteiger partial charge in [0, 0.05) is 59.8 Å². The summed E-state index contributed by atoms with van der Waals surface area (Å²) in [5.41, 5.74) is 0. The molecule has 2 N–H and O–H groups in total. The molecule has 0 spiro atoms. The van der Waals surface area contributed by atoms with Gasteiger partial charge in [-0.2, -0.15) is 0 Å². The highest BCUT2D eigenvalue weighted by Gasteiger charge is 2.13. The molecule has 166 valence electrons. The zero-order chi connectivity index (χ0) is 20.7. The summed E-state index contributed by atoms with van der Waals surface area (Å²) in [6.45, 7) is 10.9. The number of nitrogens with one attached hydrogen (secondary N) is 2. The molecule has 0 aromatic carbocycles. The smallest absolute Gasteiger partial charge is 0.191 e. The number of aryl methyl sites for hydroxylation is 1. The van der Waals surface area contributed by atoms with Gasteiger partial charge in [-0.05, 0) is 45.4 Å². The summed E-state index contributed by atoms with van der Waals surface area (Å²) in [5.74, 6) is 3.16. The minimum Gasteiger partial charge on any atom is -0.382 e. The van der Waals surface area contributed by atoms with Gasteiger partial charge in [0.15, 0.2) is 11.8 Å². The minimum absolute atomic E-state index is 0.485. The number of aromatic nitrogens is 3. The molecule has 0 amide bonds. The van der Waals surface area contributed by atoms with Gasteiger partial charge < -0.3 is 29.4 Å². The van der Waals surface area contributed by atoms with Crippen LogP contribution in [0, 0.1) is 12.8 Å². The molecule has 0 saturated carbocycles. The minimum atomic E-state index is 0.485. The zero-order valence-electron chi connectivity index (χ0n) is 18.3. The van der Waals surface area contributed by atoms with Crippen molar-refractivity contribution in [2.75, 3.05) is 52.7 Å². The number of ether oxygens (including phenoxy) is 3. The van der Waals surface area contributed by atoms with Crippen LogP contribution < -0.4 is 10.6 Å². The van der Waals surface area contributed by atoms with Crippen LogP contribution in [0.15, 0.2) is 4.99 Å². The highest BCUT2D eigenvalue weighted by Crippen LogP contribution is 2.14. The summed E-state index contributed by atoms with van der Waals surface area (Å²) in [7, 11) is 1.96. The third-order valence-electron chi connectivity index (χ3n) is 4.98. The van der Waals surface area contributed by atoms with Crippen molar-refractivity contribution in [3.05, 3.63) is 11.6 Å². The number of aliphatic imine (C=N–C) groups is 1. The van der Waals surface area contributed by atoms with Gasteiger partial charge in [-0.1, -0.05) is 0 Å². The van der Waals surface area contributed by atoms with Gasteiger partial charge in [0.2, 0.25) is 0 Å². The van der Waals surface area contributed by atoms with E-state index in [2.05, 4.69) is 25.8 Å². The molecule has 2 heterocycles. The van der Waals surface area contributed by atoms with Crippen molar-refractivity contribution in [2.45, 2.75) is 46.1 Å². The van der Waals surface area contributed by atoms with Crippen molar-refractivity contribution in [1.29, 1.82) is 0 Å². The summed E-state index contributed by atoms with van der Waals surface area (Å²) >= 11 is 0. The Kier molecular flexibility index (Phi) is 11.6. The van der Waals surface area contributed by atoms with E-state index in [0.29, 0.717) is 12.5 Å². The van der Waals surface area contributed by atoms with Crippen molar-refractivity contribution in [2.24, 2.45) is 18.0 Å². The maximum absolute atomic E-state index is 5.83. The van der Waals surface area contributed by atoms with Crippen molar-refractivity contribution in [3.63, 3.8) is 0 Å². The Balaban J connectivity index is 1.68. The topological polar surface area (TPSA) is 94.8 Å². The van der Waals surface area contributed by atoms with Crippen LogP contribution in [0.2, 0.25) is 0 Å². The average molecular weight is 411 g/mol. The third kappa shape index (κ3) is 9.56. The van der Waals surface area contributed by atoms with Crippen molar-refractivity contribution < 1.29 is 14.2 Å². The second-order valence-corrected chi connectivity index (χ2v) is 7.28. The maximum Gasteiger partial charge on any atom is 0.191 e. The van der Waals surface area contributed by atoms with Gasteiger partial charge in [-0.15, -0.1) is 10.2 Å². The van der Waals surface area contributed by atoms with Crippen LogP contribution in [0.4, 0.5) is 0 Å². The quantitative estimate of drug-likeness (QED) is 0.288.